The van der Waals surface area contributed by atoms with E-state index in [1.54, 1.807) is 0 Å². The minimum Gasteiger partial charge on any atom is -0.457 e. The second-order valence-corrected chi connectivity index (χ2v) is 12.0. The van der Waals surface area contributed by atoms with Gasteiger partial charge in [-0.1, -0.05) is 206 Å². The summed E-state index contributed by atoms with van der Waals surface area (Å²) < 4.78 is 6.06. The Morgan fingerprint density at radius 3 is 1.18 bits per heavy atom. The Hall–Kier alpha value is -6.44. The normalized spacial score (nSPS) is 19.8. The Morgan fingerprint density at radius 2 is 0.706 bits per heavy atom. The zero-order valence-electron chi connectivity index (χ0n) is 28.8. The van der Waals surface area contributed by atoms with Crippen molar-refractivity contribution >= 4 is 22.3 Å². The zero-order valence-corrected chi connectivity index (χ0v) is 28.8. The molecule has 0 radical (unpaired) electrons. The first-order valence-electron chi connectivity index (χ1n) is 17.5. The standard InChI is InChI=1S/C50H42O/c1-5-21-41(22-6-1)44-27-13-15-29-45(42-23-7-2-8-24-42)31-17-19-33-47(48-37-39-50(40-38-48)51-49-35-11-4-12-36-49)34-20-18-32-46(30-16-14-28-44)43-25-9-3-10-26-43/h1-27,29-30,32-40H,28,31H2/b15-13-,16-14-,19-17-,32-18+,34-20?,44-27-,45-29-,46-30-,47-33?. The predicted octanol–water partition coefficient (Wildman–Crippen LogP) is 13.7. The molecule has 0 N–H and O–H groups in total. The van der Waals surface area contributed by atoms with Crippen molar-refractivity contribution in [3.05, 3.63) is 253 Å². The maximum Gasteiger partial charge on any atom is 0.127 e. The third-order valence-corrected chi connectivity index (χ3v) is 8.43. The van der Waals surface area contributed by atoms with E-state index < -0.39 is 0 Å². The van der Waals surface area contributed by atoms with Gasteiger partial charge in [0.1, 0.15) is 11.5 Å². The third-order valence-electron chi connectivity index (χ3n) is 8.43. The number of para-hydroxylation sites is 1. The second kappa shape index (κ2) is 18.9. The van der Waals surface area contributed by atoms with Crippen LogP contribution in [0.5, 0.6) is 11.5 Å². The van der Waals surface area contributed by atoms with E-state index in [0.717, 1.165) is 41.1 Å². The molecule has 51 heavy (non-hydrogen) atoms. The van der Waals surface area contributed by atoms with Gasteiger partial charge in [-0.05, 0) is 81.7 Å². The summed E-state index contributed by atoms with van der Waals surface area (Å²) >= 11 is 0. The van der Waals surface area contributed by atoms with Crippen molar-refractivity contribution in [2.24, 2.45) is 0 Å². The van der Waals surface area contributed by atoms with Crippen LogP contribution < -0.4 is 4.74 Å². The fourth-order valence-corrected chi connectivity index (χ4v) is 5.73. The molecule has 0 atom stereocenters. The lowest BCUT2D eigenvalue weighted by Gasteiger charge is -2.07. The summed E-state index contributed by atoms with van der Waals surface area (Å²) in [6, 6.07) is 49.9. The lowest BCUT2D eigenvalue weighted by Crippen LogP contribution is -1.86. The van der Waals surface area contributed by atoms with E-state index in [1.165, 1.54) is 27.8 Å². The minimum absolute atomic E-state index is 0.800. The van der Waals surface area contributed by atoms with Gasteiger partial charge < -0.3 is 4.74 Å². The molecular formula is C50H42O. The second-order valence-electron chi connectivity index (χ2n) is 12.0. The summed E-state index contributed by atoms with van der Waals surface area (Å²) in [5.41, 5.74) is 9.48. The zero-order chi connectivity index (χ0) is 34.8. The molecule has 0 unspecified atom stereocenters. The summed E-state index contributed by atoms with van der Waals surface area (Å²) in [5, 5.41) is 0. The number of hydrogen-bond donors (Lipinski definition) is 0. The van der Waals surface area contributed by atoms with Gasteiger partial charge in [0.25, 0.3) is 0 Å². The number of benzene rings is 5. The van der Waals surface area contributed by atoms with Crippen LogP contribution in [0, 0.1) is 0 Å². The van der Waals surface area contributed by atoms with Crippen LogP contribution >= 0.6 is 0 Å². The maximum absolute atomic E-state index is 6.06. The van der Waals surface area contributed by atoms with Crippen molar-refractivity contribution in [2.75, 3.05) is 0 Å². The van der Waals surface area contributed by atoms with Crippen LogP contribution in [0.2, 0.25) is 0 Å². The largest absolute Gasteiger partial charge is 0.457 e. The SMILES string of the molecule is C1=CC(c2ccc(Oc3ccccc3)cc2)=C/C=C\C/C(c2ccccc2)=C/C=C\C=C(/c2ccccc2)C\C=C/C=C(c2ccccc2)/C=C/1. The van der Waals surface area contributed by atoms with Gasteiger partial charge in [-0.3, -0.25) is 0 Å². The fourth-order valence-electron chi connectivity index (χ4n) is 5.73. The van der Waals surface area contributed by atoms with Crippen molar-refractivity contribution in [2.45, 2.75) is 12.8 Å². The van der Waals surface area contributed by atoms with E-state index in [0.29, 0.717) is 0 Å². The molecule has 0 aromatic heterocycles. The molecule has 6 rings (SSSR count). The first-order chi connectivity index (χ1) is 25.3. The average molecular weight is 659 g/mol. The fraction of sp³-hybridized carbons (Fsp3) is 0.0400. The van der Waals surface area contributed by atoms with Crippen molar-refractivity contribution < 1.29 is 4.74 Å². The molecule has 1 nitrogen and oxygen atoms in total. The molecule has 0 amide bonds. The summed E-state index contributed by atoms with van der Waals surface area (Å²) in [5.74, 6) is 1.63. The Bertz CT molecular complexity index is 2100. The molecular weight excluding hydrogens is 617 g/mol. The van der Waals surface area contributed by atoms with Crippen LogP contribution in [0.15, 0.2) is 231 Å². The Kier molecular flexibility index (Phi) is 12.8. The minimum atomic E-state index is 0.800. The maximum atomic E-state index is 6.06. The van der Waals surface area contributed by atoms with Gasteiger partial charge in [-0.25, -0.2) is 0 Å². The van der Waals surface area contributed by atoms with Gasteiger partial charge in [-0.15, -0.1) is 0 Å². The average Bonchev–Trinajstić information content (AvgIpc) is 3.19. The van der Waals surface area contributed by atoms with E-state index in [9.17, 15) is 0 Å². The van der Waals surface area contributed by atoms with Gasteiger partial charge in [-0.2, -0.15) is 0 Å². The van der Waals surface area contributed by atoms with E-state index >= 15 is 0 Å². The first kappa shape index (κ1) is 34.4. The van der Waals surface area contributed by atoms with E-state index in [2.05, 4.69) is 188 Å². The Balaban J connectivity index is 1.35. The van der Waals surface area contributed by atoms with Crippen molar-refractivity contribution in [1.82, 2.24) is 0 Å². The molecule has 5 aromatic carbocycles. The molecule has 0 fully saturated rings. The lowest BCUT2D eigenvalue weighted by atomic mass is 10.00. The van der Waals surface area contributed by atoms with Gasteiger partial charge in [0.2, 0.25) is 0 Å². The number of hydrogen-bond acceptors (Lipinski definition) is 1. The first-order valence-corrected chi connectivity index (χ1v) is 17.5. The number of allylic oxidation sites excluding steroid dienone is 18. The molecule has 0 saturated heterocycles. The van der Waals surface area contributed by atoms with Crippen molar-refractivity contribution in [3.8, 4) is 11.5 Å². The van der Waals surface area contributed by atoms with Crippen LogP contribution in [0.3, 0.4) is 0 Å². The highest BCUT2D eigenvalue weighted by Gasteiger charge is 2.03. The highest BCUT2D eigenvalue weighted by Crippen LogP contribution is 2.26. The molecule has 1 aliphatic rings. The van der Waals surface area contributed by atoms with E-state index in [-0.39, 0.29) is 0 Å². The summed E-state index contributed by atoms with van der Waals surface area (Å²) in [4.78, 5) is 0. The topological polar surface area (TPSA) is 9.23 Å². The molecule has 0 heterocycles. The van der Waals surface area contributed by atoms with Gasteiger partial charge in [0, 0.05) is 0 Å². The molecule has 0 bridgehead atoms. The third kappa shape index (κ3) is 10.8. The lowest BCUT2D eigenvalue weighted by molar-refractivity contribution is 0.482. The van der Waals surface area contributed by atoms with Crippen LogP contribution in [0.1, 0.15) is 35.1 Å². The molecule has 0 aliphatic heterocycles. The highest BCUT2D eigenvalue weighted by molar-refractivity contribution is 5.78. The predicted molar refractivity (Wildman–Crippen MR) is 219 cm³/mol. The van der Waals surface area contributed by atoms with Crippen molar-refractivity contribution in [3.63, 3.8) is 0 Å². The van der Waals surface area contributed by atoms with Crippen LogP contribution in [-0.4, -0.2) is 0 Å². The quantitative estimate of drug-likeness (QED) is 0.176. The summed E-state index contributed by atoms with van der Waals surface area (Å²) in [6.45, 7) is 0. The summed E-state index contributed by atoms with van der Waals surface area (Å²) in [7, 11) is 0. The molecule has 1 aliphatic carbocycles. The number of rotatable bonds is 6. The van der Waals surface area contributed by atoms with Crippen molar-refractivity contribution in [1.29, 1.82) is 0 Å². The Labute approximate surface area is 303 Å². The molecule has 0 spiro atoms. The van der Waals surface area contributed by atoms with Gasteiger partial charge in [0.05, 0.1) is 0 Å². The Morgan fingerprint density at radius 1 is 0.314 bits per heavy atom. The number of ether oxygens (including phenoxy) is 1. The van der Waals surface area contributed by atoms with E-state index in [1.807, 2.05) is 42.5 Å². The molecule has 248 valence electrons. The molecule has 1 heteroatoms. The van der Waals surface area contributed by atoms with Gasteiger partial charge >= 0.3 is 0 Å². The molecule has 0 saturated carbocycles. The smallest absolute Gasteiger partial charge is 0.127 e. The van der Waals surface area contributed by atoms with Crippen LogP contribution in [0.4, 0.5) is 0 Å². The van der Waals surface area contributed by atoms with Crippen LogP contribution in [-0.2, 0) is 0 Å². The monoisotopic (exact) mass is 658 g/mol. The van der Waals surface area contributed by atoms with Gasteiger partial charge in [0.15, 0.2) is 0 Å². The van der Waals surface area contributed by atoms with E-state index in [4.69, 9.17) is 4.74 Å². The molecule has 5 aromatic rings. The highest BCUT2D eigenvalue weighted by atomic mass is 16.5. The summed E-state index contributed by atoms with van der Waals surface area (Å²) in [6.07, 6.45) is 32.1. The van der Waals surface area contributed by atoms with Crippen LogP contribution in [0.25, 0.3) is 22.3 Å².